The van der Waals surface area contributed by atoms with Crippen LogP contribution in [0.5, 0.6) is 0 Å². The van der Waals surface area contributed by atoms with E-state index < -0.39 is 0 Å². The van der Waals surface area contributed by atoms with E-state index in [4.69, 9.17) is 11.6 Å². The maximum absolute atomic E-state index is 13.5. The quantitative estimate of drug-likeness (QED) is 0.593. The van der Waals surface area contributed by atoms with Gasteiger partial charge >= 0.3 is 0 Å². The predicted octanol–water partition coefficient (Wildman–Crippen LogP) is 5.44. The highest BCUT2D eigenvalue weighted by molar-refractivity contribution is 6.33. The number of hydrogen-bond acceptors (Lipinski definition) is 3. The van der Waals surface area contributed by atoms with Gasteiger partial charge in [-0.3, -0.25) is 9.59 Å². The molecule has 166 valence electrons. The van der Waals surface area contributed by atoms with E-state index in [2.05, 4.69) is 26.1 Å². The number of anilines is 2. The van der Waals surface area contributed by atoms with Gasteiger partial charge in [-0.05, 0) is 61.6 Å². The molecule has 2 amide bonds. The van der Waals surface area contributed by atoms with Crippen LogP contribution in [0.3, 0.4) is 0 Å². The van der Waals surface area contributed by atoms with Gasteiger partial charge in [-0.1, -0.05) is 37.6 Å². The van der Waals surface area contributed by atoms with Crippen molar-refractivity contribution in [1.82, 2.24) is 4.90 Å². The SMILES string of the molecule is CC(C)[C@H](C)N(Cc1cc(NC(=O)C2CC2)ccc1N(C)C)C(=O)c1ccccc1Cl. The van der Waals surface area contributed by atoms with Gasteiger partial charge in [-0.2, -0.15) is 0 Å². The molecule has 0 aliphatic heterocycles. The van der Waals surface area contributed by atoms with Crippen molar-refractivity contribution in [2.45, 2.75) is 46.2 Å². The number of nitrogens with zero attached hydrogens (tertiary/aromatic N) is 2. The van der Waals surface area contributed by atoms with E-state index in [0.29, 0.717) is 17.1 Å². The molecule has 1 atom stereocenters. The highest BCUT2D eigenvalue weighted by Gasteiger charge is 2.30. The van der Waals surface area contributed by atoms with Crippen LogP contribution in [-0.4, -0.2) is 36.9 Å². The van der Waals surface area contributed by atoms with Gasteiger partial charge < -0.3 is 15.1 Å². The third-order valence-electron chi connectivity index (χ3n) is 5.94. The lowest BCUT2D eigenvalue weighted by atomic mass is 10.0. The predicted molar refractivity (Wildman–Crippen MR) is 128 cm³/mol. The second kappa shape index (κ2) is 9.73. The molecule has 0 heterocycles. The van der Waals surface area contributed by atoms with Crippen LogP contribution < -0.4 is 10.2 Å². The average Bonchev–Trinajstić information content (AvgIpc) is 3.56. The number of rotatable bonds is 8. The van der Waals surface area contributed by atoms with Crippen LogP contribution >= 0.6 is 11.6 Å². The van der Waals surface area contributed by atoms with Gasteiger partial charge in [0.2, 0.25) is 5.91 Å². The van der Waals surface area contributed by atoms with Crippen LogP contribution in [0.4, 0.5) is 11.4 Å². The zero-order valence-electron chi connectivity index (χ0n) is 19.0. The molecule has 3 rings (SSSR count). The van der Waals surface area contributed by atoms with Crippen molar-refractivity contribution < 1.29 is 9.59 Å². The highest BCUT2D eigenvalue weighted by Crippen LogP contribution is 2.32. The summed E-state index contributed by atoms with van der Waals surface area (Å²) in [5, 5.41) is 3.47. The molecule has 0 unspecified atom stereocenters. The van der Waals surface area contributed by atoms with E-state index in [1.165, 1.54) is 0 Å². The Labute approximate surface area is 190 Å². The largest absolute Gasteiger partial charge is 0.377 e. The monoisotopic (exact) mass is 441 g/mol. The molecule has 0 bridgehead atoms. The molecule has 31 heavy (non-hydrogen) atoms. The smallest absolute Gasteiger partial charge is 0.255 e. The van der Waals surface area contributed by atoms with E-state index in [-0.39, 0.29) is 29.7 Å². The zero-order chi connectivity index (χ0) is 22.7. The molecular formula is C25H32ClN3O2. The maximum atomic E-state index is 13.5. The zero-order valence-corrected chi connectivity index (χ0v) is 19.7. The second-order valence-electron chi connectivity index (χ2n) is 8.90. The highest BCUT2D eigenvalue weighted by atomic mass is 35.5. The molecule has 0 radical (unpaired) electrons. The number of halogens is 1. The summed E-state index contributed by atoms with van der Waals surface area (Å²) in [6, 6.07) is 13.1. The van der Waals surface area contributed by atoms with Crippen LogP contribution in [0, 0.1) is 11.8 Å². The Morgan fingerprint density at radius 2 is 1.77 bits per heavy atom. The van der Waals surface area contributed by atoms with Crippen molar-refractivity contribution in [2.75, 3.05) is 24.3 Å². The number of hydrogen-bond donors (Lipinski definition) is 1. The molecule has 1 fully saturated rings. The van der Waals surface area contributed by atoms with Gasteiger partial charge in [0, 0.05) is 44.0 Å². The Balaban J connectivity index is 1.95. The van der Waals surface area contributed by atoms with Crippen LogP contribution in [0.2, 0.25) is 5.02 Å². The van der Waals surface area contributed by atoms with E-state index in [9.17, 15) is 9.59 Å². The van der Waals surface area contributed by atoms with Crippen molar-refractivity contribution in [2.24, 2.45) is 11.8 Å². The second-order valence-corrected chi connectivity index (χ2v) is 9.31. The van der Waals surface area contributed by atoms with E-state index in [0.717, 1.165) is 29.8 Å². The summed E-state index contributed by atoms with van der Waals surface area (Å²) in [5.74, 6) is 0.384. The summed E-state index contributed by atoms with van der Waals surface area (Å²) < 4.78 is 0. The number of carbonyl (C=O) groups excluding carboxylic acids is 2. The van der Waals surface area contributed by atoms with Crippen LogP contribution in [0.1, 0.15) is 49.5 Å². The maximum Gasteiger partial charge on any atom is 0.255 e. The van der Waals surface area contributed by atoms with Crippen LogP contribution in [0.15, 0.2) is 42.5 Å². The third kappa shape index (κ3) is 5.59. The number of carbonyl (C=O) groups is 2. The fourth-order valence-electron chi connectivity index (χ4n) is 3.55. The minimum atomic E-state index is -0.0936. The number of nitrogens with one attached hydrogen (secondary N) is 1. The van der Waals surface area contributed by atoms with Crippen LogP contribution in [-0.2, 0) is 11.3 Å². The summed E-state index contributed by atoms with van der Waals surface area (Å²) in [7, 11) is 3.96. The Hall–Kier alpha value is -2.53. The van der Waals surface area contributed by atoms with Gasteiger partial charge in [0.25, 0.3) is 5.91 Å². The van der Waals surface area contributed by atoms with Crippen molar-refractivity contribution in [3.8, 4) is 0 Å². The van der Waals surface area contributed by atoms with Gasteiger partial charge in [-0.25, -0.2) is 0 Å². The molecular weight excluding hydrogens is 410 g/mol. The molecule has 1 N–H and O–H groups in total. The van der Waals surface area contributed by atoms with Crippen molar-refractivity contribution in [3.63, 3.8) is 0 Å². The van der Waals surface area contributed by atoms with E-state index >= 15 is 0 Å². The molecule has 1 aliphatic rings. The summed E-state index contributed by atoms with van der Waals surface area (Å²) in [6.45, 7) is 6.70. The van der Waals surface area contributed by atoms with Crippen molar-refractivity contribution in [3.05, 3.63) is 58.6 Å². The Bertz CT molecular complexity index is 954. The lowest BCUT2D eigenvalue weighted by Crippen LogP contribution is -2.41. The summed E-state index contributed by atoms with van der Waals surface area (Å²) in [6.07, 6.45) is 1.92. The van der Waals surface area contributed by atoms with Gasteiger partial charge in [0.15, 0.2) is 0 Å². The number of amides is 2. The first-order chi connectivity index (χ1) is 14.7. The van der Waals surface area contributed by atoms with Gasteiger partial charge in [-0.15, -0.1) is 0 Å². The van der Waals surface area contributed by atoms with Crippen molar-refractivity contribution >= 4 is 34.8 Å². The van der Waals surface area contributed by atoms with Crippen molar-refractivity contribution in [1.29, 1.82) is 0 Å². The molecule has 6 heteroatoms. The van der Waals surface area contributed by atoms with E-state index in [1.54, 1.807) is 12.1 Å². The molecule has 1 saturated carbocycles. The Kier molecular flexibility index (Phi) is 7.26. The molecule has 5 nitrogen and oxygen atoms in total. The van der Waals surface area contributed by atoms with E-state index in [1.807, 2.05) is 54.2 Å². The third-order valence-corrected chi connectivity index (χ3v) is 6.27. The minimum Gasteiger partial charge on any atom is -0.377 e. The van der Waals surface area contributed by atoms with Gasteiger partial charge in [0.05, 0.1) is 10.6 Å². The van der Waals surface area contributed by atoms with Crippen LogP contribution in [0.25, 0.3) is 0 Å². The minimum absolute atomic E-state index is 0.00324. The molecule has 2 aromatic rings. The average molecular weight is 442 g/mol. The molecule has 0 saturated heterocycles. The molecule has 0 aromatic heterocycles. The topological polar surface area (TPSA) is 52.7 Å². The first kappa shape index (κ1) is 23.1. The fourth-order valence-corrected chi connectivity index (χ4v) is 3.77. The lowest BCUT2D eigenvalue weighted by Gasteiger charge is -2.33. The Morgan fingerprint density at radius 1 is 1.10 bits per heavy atom. The van der Waals surface area contributed by atoms with Gasteiger partial charge in [0.1, 0.15) is 0 Å². The molecule has 1 aliphatic carbocycles. The number of benzene rings is 2. The first-order valence-electron chi connectivity index (χ1n) is 10.9. The summed E-state index contributed by atoms with van der Waals surface area (Å²) in [5.41, 5.74) is 3.25. The molecule has 0 spiro atoms. The summed E-state index contributed by atoms with van der Waals surface area (Å²) >= 11 is 6.35. The molecule has 2 aromatic carbocycles. The fraction of sp³-hybridized carbons (Fsp3) is 0.440. The standard InChI is InChI=1S/C25H32ClN3O2/c1-16(2)17(3)29(25(31)21-8-6-7-9-22(21)26)15-19-14-20(12-13-23(19)28(4)5)27-24(30)18-10-11-18/h6-9,12-14,16-18H,10-11,15H2,1-5H3,(H,27,30)/t17-/m0/s1. The summed E-state index contributed by atoms with van der Waals surface area (Å²) in [4.78, 5) is 29.7. The first-order valence-corrected chi connectivity index (χ1v) is 11.2. The lowest BCUT2D eigenvalue weighted by molar-refractivity contribution is -0.117. The normalized spacial score (nSPS) is 14.3. The Morgan fingerprint density at radius 3 is 2.35 bits per heavy atom.